The van der Waals surface area contributed by atoms with E-state index < -0.39 is 0 Å². The van der Waals surface area contributed by atoms with E-state index in [1.807, 2.05) is 34.9 Å². The Hall–Kier alpha value is -2.67. The van der Waals surface area contributed by atoms with Gasteiger partial charge in [-0.25, -0.2) is 4.39 Å². The summed E-state index contributed by atoms with van der Waals surface area (Å²) >= 11 is 1.26. The number of halogens is 1. The number of carbonyl (C=O) groups is 1. The summed E-state index contributed by atoms with van der Waals surface area (Å²) in [5, 5.41) is 9.03. The van der Waals surface area contributed by atoms with Crippen LogP contribution in [-0.2, 0) is 16.1 Å². The molecule has 0 spiro atoms. The molecule has 3 rings (SSSR count). The van der Waals surface area contributed by atoms with Crippen LogP contribution in [0.2, 0.25) is 0 Å². The van der Waals surface area contributed by atoms with Crippen LogP contribution in [0.3, 0.4) is 0 Å². The molecule has 0 N–H and O–H groups in total. The van der Waals surface area contributed by atoms with Crippen LogP contribution in [0, 0.1) is 5.82 Å². The number of methoxy groups -OCH3 is 1. The lowest BCUT2D eigenvalue weighted by molar-refractivity contribution is -0.137. The van der Waals surface area contributed by atoms with Crippen molar-refractivity contribution in [1.29, 1.82) is 0 Å². The van der Waals surface area contributed by atoms with E-state index in [2.05, 4.69) is 14.9 Å². The molecule has 0 amide bonds. The van der Waals surface area contributed by atoms with Crippen LogP contribution in [0.1, 0.15) is 5.56 Å². The highest BCUT2D eigenvalue weighted by atomic mass is 32.2. The van der Waals surface area contributed by atoms with Gasteiger partial charge in [-0.1, -0.05) is 42.1 Å². The standard InChI is InChI=1S/C18H16FN3O2S/c1-24-16(23)12-25-18-21-20-17(14-7-9-15(19)10-8-14)22(18)11-13-5-3-2-4-6-13/h2-10H,11-12H2,1H3. The van der Waals surface area contributed by atoms with Gasteiger partial charge in [-0.3, -0.25) is 9.36 Å². The second-order valence-corrected chi connectivity index (χ2v) is 6.19. The van der Waals surface area contributed by atoms with Crippen LogP contribution in [0.25, 0.3) is 11.4 Å². The molecule has 25 heavy (non-hydrogen) atoms. The molecular formula is C18H16FN3O2S. The van der Waals surface area contributed by atoms with Crippen molar-refractivity contribution in [3.8, 4) is 11.4 Å². The Labute approximate surface area is 148 Å². The van der Waals surface area contributed by atoms with Crippen molar-refractivity contribution in [3.63, 3.8) is 0 Å². The zero-order valence-corrected chi connectivity index (χ0v) is 14.4. The zero-order chi connectivity index (χ0) is 17.6. The van der Waals surface area contributed by atoms with Crippen molar-refractivity contribution in [2.75, 3.05) is 12.9 Å². The summed E-state index contributed by atoms with van der Waals surface area (Å²) in [7, 11) is 1.35. The third-order valence-corrected chi connectivity index (χ3v) is 4.49. The Kier molecular flexibility index (Phi) is 5.45. The lowest BCUT2D eigenvalue weighted by atomic mass is 10.2. The van der Waals surface area contributed by atoms with E-state index in [0.29, 0.717) is 17.5 Å². The van der Waals surface area contributed by atoms with Crippen LogP contribution < -0.4 is 0 Å². The molecule has 0 unspecified atom stereocenters. The lowest BCUT2D eigenvalue weighted by Gasteiger charge is -2.10. The first-order valence-electron chi connectivity index (χ1n) is 7.60. The highest BCUT2D eigenvalue weighted by Gasteiger charge is 2.16. The molecule has 3 aromatic rings. The SMILES string of the molecule is COC(=O)CSc1nnc(-c2ccc(F)cc2)n1Cc1ccccc1. The third-order valence-electron chi connectivity index (χ3n) is 3.55. The van der Waals surface area contributed by atoms with Crippen LogP contribution in [-0.4, -0.2) is 33.6 Å². The number of benzene rings is 2. The summed E-state index contributed by atoms with van der Waals surface area (Å²) in [5.41, 5.74) is 1.83. The highest BCUT2D eigenvalue weighted by molar-refractivity contribution is 7.99. The van der Waals surface area contributed by atoms with E-state index >= 15 is 0 Å². The number of hydrogen-bond acceptors (Lipinski definition) is 5. The molecule has 5 nitrogen and oxygen atoms in total. The molecule has 0 fully saturated rings. The highest BCUT2D eigenvalue weighted by Crippen LogP contribution is 2.25. The summed E-state index contributed by atoms with van der Waals surface area (Å²) in [6.45, 7) is 0.546. The molecule has 0 aliphatic heterocycles. The molecule has 0 bridgehead atoms. The van der Waals surface area contributed by atoms with E-state index in [1.54, 1.807) is 12.1 Å². The van der Waals surface area contributed by atoms with Crippen molar-refractivity contribution in [2.24, 2.45) is 0 Å². The molecule has 1 heterocycles. The maximum absolute atomic E-state index is 13.2. The average molecular weight is 357 g/mol. The Morgan fingerprint density at radius 3 is 2.52 bits per heavy atom. The normalized spacial score (nSPS) is 10.6. The Morgan fingerprint density at radius 1 is 1.12 bits per heavy atom. The Bertz CT molecular complexity index is 851. The van der Waals surface area contributed by atoms with Crippen LogP contribution in [0.15, 0.2) is 59.8 Å². The number of aromatic nitrogens is 3. The van der Waals surface area contributed by atoms with E-state index in [1.165, 1.54) is 31.0 Å². The predicted octanol–water partition coefficient (Wildman–Crippen LogP) is 3.40. The van der Waals surface area contributed by atoms with E-state index in [0.717, 1.165) is 11.1 Å². The summed E-state index contributed by atoms with van der Waals surface area (Å²) in [6, 6.07) is 16.0. The summed E-state index contributed by atoms with van der Waals surface area (Å²) in [5.74, 6) is 0.129. The van der Waals surface area contributed by atoms with E-state index in [9.17, 15) is 9.18 Å². The molecule has 2 aromatic carbocycles. The van der Waals surface area contributed by atoms with Crippen molar-refractivity contribution in [1.82, 2.24) is 14.8 Å². The number of ether oxygens (including phenoxy) is 1. The van der Waals surface area contributed by atoms with Crippen molar-refractivity contribution < 1.29 is 13.9 Å². The van der Waals surface area contributed by atoms with Crippen LogP contribution in [0.5, 0.6) is 0 Å². The fraction of sp³-hybridized carbons (Fsp3) is 0.167. The molecule has 0 aliphatic rings. The minimum Gasteiger partial charge on any atom is -0.468 e. The minimum atomic E-state index is -0.331. The van der Waals surface area contributed by atoms with Crippen molar-refractivity contribution in [3.05, 3.63) is 66.0 Å². The summed E-state index contributed by atoms with van der Waals surface area (Å²) in [4.78, 5) is 11.4. The fourth-order valence-electron chi connectivity index (χ4n) is 2.30. The Morgan fingerprint density at radius 2 is 1.84 bits per heavy atom. The summed E-state index contributed by atoms with van der Waals surface area (Å²) < 4.78 is 19.8. The van der Waals surface area contributed by atoms with Gasteiger partial charge < -0.3 is 4.74 Å². The van der Waals surface area contributed by atoms with Gasteiger partial charge in [0.05, 0.1) is 19.4 Å². The fourth-order valence-corrected chi connectivity index (χ4v) is 3.07. The Balaban J connectivity index is 1.95. The van der Waals surface area contributed by atoms with Gasteiger partial charge in [-0.05, 0) is 29.8 Å². The topological polar surface area (TPSA) is 57.0 Å². The van der Waals surface area contributed by atoms with Gasteiger partial charge in [0.25, 0.3) is 0 Å². The minimum absolute atomic E-state index is 0.146. The monoisotopic (exact) mass is 357 g/mol. The quantitative estimate of drug-likeness (QED) is 0.500. The van der Waals surface area contributed by atoms with E-state index in [-0.39, 0.29) is 17.5 Å². The molecule has 0 saturated heterocycles. The molecule has 0 atom stereocenters. The van der Waals surface area contributed by atoms with Crippen molar-refractivity contribution in [2.45, 2.75) is 11.7 Å². The number of nitrogens with zero attached hydrogens (tertiary/aromatic N) is 3. The molecule has 0 saturated carbocycles. The van der Waals surface area contributed by atoms with Gasteiger partial charge >= 0.3 is 5.97 Å². The van der Waals surface area contributed by atoms with Crippen molar-refractivity contribution >= 4 is 17.7 Å². The third kappa shape index (κ3) is 4.24. The van der Waals surface area contributed by atoms with Crippen LogP contribution in [0.4, 0.5) is 4.39 Å². The van der Waals surface area contributed by atoms with Gasteiger partial charge in [0, 0.05) is 5.56 Å². The van der Waals surface area contributed by atoms with Gasteiger partial charge in [-0.2, -0.15) is 0 Å². The number of rotatable bonds is 6. The van der Waals surface area contributed by atoms with Gasteiger partial charge in [-0.15, -0.1) is 10.2 Å². The first kappa shape index (κ1) is 17.2. The van der Waals surface area contributed by atoms with Crippen LogP contribution >= 0.6 is 11.8 Å². The second-order valence-electron chi connectivity index (χ2n) is 5.25. The zero-order valence-electron chi connectivity index (χ0n) is 13.6. The summed E-state index contributed by atoms with van der Waals surface area (Å²) in [6.07, 6.45) is 0. The molecule has 0 aliphatic carbocycles. The van der Waals surface area contributed by atoms with Gasteiger partial charge in [0.1, 0.15) is 5.82 Å². The largest absolute Gasteiger partial charge is 0.468 e. The maximum Gasteiger partial charge on any atom is 0.316 e. The number of esters is 1. The first-order chi connectivity index (χ1) is 12.2. The van der Waals surface area contributed by atoms with Gasteiger partial charge in [0.15, 0.2) is 11.0 Å². The molecule has 7 heteroatoms. The molecule has 1 aromatic heterocycles. The molecular weight excluding hydrogens is 341 g/mol. The average Bonchev–Trinajstić information content (AvgIpc) is 3.03. The molecule has 128 valence electrons. The van der Waals surface area contributed by atoms with Gasteiger partial charge in [0.2, 0.25) is 0 Å². The number of carbonyl (C=O) groups excluding carboxylic acids is 1. The number of thioether (sulfide) groups is 1. The predicted molar refractivity (Wildman–Crippen MR) is 93.7 cm³/mol. The molecule has 0 radical (unpaired) electrons. The lowest BCUT2D eigenvalue weighted by Crippen LogP contribution is -2.07. The first-order valence-corrected chi connectivity index (χ1v) is 8.58. The smallest absolute Gasteiger partial charge is 0.316 e. The second kappa shape index (κ2) is 7.94. The maximum atomic E-state index is 13.2. The van der Waals surface area contributed by atoms with E-state index in [4.69, 9.17) is 0 Å². The number of hydrogen-bond donors (Lipinski definition) is 0.